The Hall–Kier alpha value is -1.59. The highest BCUT2D eigenvalue weighted by Crippen LogP contribution is 2.29. The van der Waals surface area contributed by atoms with E-state index in [0.29, 0.717) is 17.1 Å². The largest absolute Gasteiger partial charge is 0.389 e. The summed E-state index contributed by atoms with van der Waals surface area (Å²) in [5.41, 5.74) is 8.13. The smallest absolute Gasteiger partial charge is 0.128 e. The Labute approximate surface area is 133 Å². The number of nitrogens with one attached hydrogen (secondary N) is 1. The third kappa shape index (κ3) is 3.95. The minimum atomic E-state index is -0.221. The first-order chi connectivity index (χ1) is 10.1. The fourth-order valence-electron chi connectivity index (χ4n) is 2.04. The van der Waals surface area contributed by atoms with Crippen LogP contribution < -0.4 is 11.1 Å². The van der Waals surface area contributed by atoms with E-state index in [2.05, 4.69) is 12.2 Å². The summed E-state index contributed by atoms with van der Waals surface area (Å²) in [5.74, 6) is 0.716. The molecule has 2 aromatic rings. The van der Waals surface area contributed by atoms with Gasteiger partial charge in [0.25, 0.3) is 0 Å². The molecule has 0 spiro atoms. The van der Waals surface area contributed by atoms with Gasteiger partial charge in [0.1, 0.15) is 10.8 Å². The van der Waals surface area contributed by atoms with Crippen LogP contribution >= 0.6 is 24.0 Å². The summed E-state index contributed by atoms with van der Waals surface area (Å²) in [4.78, 5) is 1.39. The molecular weight excluding hydrogens is 303 g/mol. The van der Waals surface area contributed by atoms with Crippen molar-refractivity contribution in [1.82, 2.24) is 0 Å². The van der Waals surface area contributed by atoms with Gasteiger partial charge in [-0.3, -0.25) is 0 Å². The van der Waals surface area contributed by atoms with Crippen molar-refractivity contribution in [1.29, 1.82) is 0 Å². The van der Waals surface area contributed by atoms with Gasteiger partial charge < -0.3 is 11.1 Å². The maximum Gasteiger partial charge on any atom is 0.128 e. The molecule has 0 bridgehead atoms. The molecule has 2 nitrogen and oxygen atoms in total. The molecule has 0 aliphatic carbocycles. The number of benzene rings is 2. The van der Waals surface area contributed by atoms with E-state index in [-0.39, 0.29) is 5.82 Å². The lowest BCUT2D eigenvalue weighted by Gasteiger charge is -2.15. The van der Waals surface area contributed by atoms with Crippen molar-refractivity contribution in [3.63, 3.8) is 0 Å². The third-order valence-electron chi connectivity index (χ3n) is 3.00. The predicted molar refractivity (Wildman–Crippen MR) is 92.5 cm³/mol. The molecule has 2 aromatic carbocycles. The summed E-state index contributed by atoms with van der Waals surface area (Å²) in [6.45, 7) is 2.47. The van der Waals surface area contributed by atoms with Crippen LogP contribution in [0.4, 0.5) is 10.1 Å². The Bertz CT molecular complexity index is 644. The topological polar surface area (TPSA) is 38.0 Å². The van der Waals surface area contributed by atoms with E-state index >= 15 is 0 Å². The number of halogens is 1. The second-order valence-electron chi connectivity index (χ2n) is 4.42. The molecule has 21 heavy (non-hydrogen) atoms. The number of hydrogen-bond acceptors (Lipinski definition) is 3. The first kappa shape index (κ1) is 15.8. The lowest BCUT2D eigenvalue weighted by molar-refractivity contribution is 0.613. The van der Waals surface area contributed by atoms with Gasteiger partial charge in [0.05, 0.1) is 0 Å². The summed E-state index contributed by atoms with van der Waals surface area (Å²) in [5, 5.41) is 3.23. The first-order valence-electron chi connectivity index (χ1n) is 6.66. The number of thiocarbonyl (C=S) groups is 1. The number of rotatable bonds is 6. The average Bonchev–Trinajstić information content (AvgIpc) is 2.46. The minimum absolute atomic E-state index is 0.221. The van der Waals surface area contributed by atoms with Crippen LogP contribution in [0.2, 0.25) is 0 Å². The summed E-state index contributed by atoms with van der Waals surface area (Å²) < 4.78 is 13.7. The maximum atomic E-state index is 13.7. The second kappa shape index (κ2) is 7.43. The van der Waals surface area contributed by atoms with Gasteiger partial charge in [0.2, 0.25) is 0 Å². The molecule has 0 saturated heterocycles. The Morgan fingerprint density at radius 1 is 1.24 bits per heavy atom. The van der Waals surface area contributed by atoms with Crippen LogP contribution in [0.5, 0.6) is 0 Å². The molecule has 0 aromatic heterocycles. The van der Waals surface area contributed by atoms with Crippen molar-refractivity contribution in [3.8, 4) is 0 Å². The van der Waals surface area contributed by atoms with Gasteiger partial charge in [-0.05, 0) is 24.0 Å². The van der Waals surface area contributed by atoms with Crippen molar-refractivity contribution in [2.75, 3.05) is 11.1 Å². The van der Waals surface area contributed by atoms with Crippen LogP contribution in [-0.2, 0) is 6.54 Å². The van der Waals surface area contributed by atoms with Crippen LogP contribution in [0, 0.1) is 5.82 Å². The first-order valence-corrected chi connectivity index (χ1v) is 8.05. The lowest BCUT2D eigenvalue weighted by atomic mass is 10.1. The average molecular weight is 320 g/mol. The fourth-order valence-corrected chi connectivity index (χ4v) is 3.18. The minimum Gasteiger partial charge on any atom is -0.389 e. The van der Waals surface area contributed by atoms with Crippen LogP contribution in [0.25, 0.3) is 0 Å². The number of thioether (sulfide) groups is 1. The molecule has 0 heterocycles. The van der Waals surface area contributed by atoms with Crippen molar-refractivity contribution >= 4 is 34.7 Å². The highest BCUT2D eigenvalue weighted by Gasteiger charge is 2.11. The monoisotopic (exact) mass is 320 g/mol. The van der Waals surface area contributed by atoms with Gasteiger partial charge in [-0.2, -0.15) is 0 Å². The molecule has 0 fully saturated rings. The zero-order valence-corrected chi connectivity index (χ0v) is 13.4. The van der Waals surface area contributed by atoms with E-state index in [1.807, 2.05) is 24.3 Å². The van der Waals surface area contributed by atoms with E-state index in [1.165, 1.54) is 6.07 Å². The van der Waals surface area contributed by atoms with Crippen molar-refractivity contribution in [2.45, 2.75) is 18.4 Å². The van der Waals surface area contributed by atoms with Crippen LogP contribution in [0.15, 0.2) is 47.4 Å². The number of hydrogen-bond donors (Lipinski definition) is 2. The Morgan fingerprint density at radius 2 is 2.00 bits per heavy atom. The van der Waals surface area contributed by atoms with Gasteiger partial charge in [-0.1, -0.05) is 43.4 Å². The molecule has 5 heteroatoms. The maximum absolute atomic E-state index is 13.7. The molecule has 0 aliphatic heterocycles. The number of anilines is 1. The summed E-state index contributed by atoms with van der Waals surface area (Å²) in [6.07, 6.45) is 0. The quantitative estimate of drug-likeness (QED) is 0.618. The van der Waals surface area contributed by atoms with Gasteiger partial charge in [-0.15, -0.1) is 11.8 Å². The lowest BCUT2D eigenvalue weighted by Crippen LogP contribution is -2.15. The molecule has 110 valence electrons. The molecule has 0 atom stereocenters. The highest BCUT2D eigenvalue weighted by molar-refractivity contribution is 7.99. The Balaban J connectivity index is 2.25. The second-order valence-corrected chi connectivity index (χ2v) is 6.17. The van der Waals surface area contributed by atoms with Gasteiger partial charge in [-0.25, -0.2) is 4.39 Å². The molecule has 0 aliphatic rings. The third-order valence-corrected chi connectivity index (χ3v) is 4.14. The Kier molecular flexibility index (Phi) is 5.59. The standard InChI is InChI=1S/C16H17FN2S2/c1-2-21-14-9-5-8-13(15(14)16(18)20)19-10-11-6-3-4-7-12(11)17/h3-9,19H,2,10H2,1H3,(H2,18,20). The molecular formula is C16H17FN2S2. The highest BCUT2D eigenvalue weighted by atomic mass is 32.2. The van der Waals surface area contributed by atoms with Crippen molar-refractivity contribution in [3.05, 3.63) is 59.4 Å². The van der Waals surface area contributed by atoms with Crippen molar-refractivity contribution < 1.29 is 4.39 Å². The van der Waals surface area contributed by atoms with Gasteiger partial charge in [0, 0.05) is 28.3 Å². The van der Waals surface area contributed by atoms with Gasteiger partial charge >= 0.3 is 0 Å². The fraction of sp³-hybridized carbons (Fsp3) is 0.188. The summed E-state index contributed by atoms with van der Waals surface area (Å²) >= 11 is 6.85. The van der Waals surface area contributed by atoms with Crippen LogP contribution in [-0.4, -0.2) is 10.7 Å². The van der Waals surface area contributed by atoms with E-state index in [4.69, 9.17) is 18.0 Å². The Morgan fingerprint density at radius 3 is 2.67 bits per heavy atom. The van der Waals surface area contributed by atoms with E-state index in [1.54, 1.807) is 23.9 Å². The molecule has 0 saturated carbocycles. The molecule has 0 amide bonds. The molecule has 0 unspecified atom stereocenters. The summed E-state index contributed by atoms with van der Waals surface area (Å²) in [7, 11) is 0. The molecule has 0 radical (unpaired) electrons. The molecule has 3 N–H and O–H groups in total. The number of nitrogens with two attached hydrogens (primary N) is 1. The molecule has 2 rings (SSSR count). The SMILES string of the molecule is CCSc1cccc(NCc2ccccc2F)c1C(N)=S. The van der Waals surface area contributed by atoms with Gasteiger partial charge in [0.15, 0.2) is 0 Å². The normalized spacial score (nSPS) is 10.4. The summed E-state index contributed by atoms with van der Waals surface area (Å²) in [6, 6.07) is 12.6. The predicted octanol–water partition coefficient (Wildman–Crippen LogP) is 4.18. The van der Waals surface area contributed by atoms with Crippen LogP contribution in [0.1, 0.15) is 18.1 Å². The zero-order valence-electron chi connectivity index (χ0n) is 11.7. The van der Waals surface area contributed by atoms with Crippen LogP contribution in [0.3, 0.4) is 0 Å². The van der Waals surface area contributed by atoms with E-state index in [9.17, 15) is 4.39 Å². The van der Waals surface area contributed by atoms with E-state index < -0.39 is 0 Å². The van der Waals surface area contributed by atoms with E-state index in [0.717, 1.165) is 21.9 Å². The van der Waals surface area contributed by atoms with Crippen molar-refractivity contribution in [2.24, 2.45) is 5.73 Å². The zero-order chi connectivity index (χ0) is 15.2.